The van der Waals surface area contributed by atoms with Crippen LogP contribution >= 0.6 is 0 Å². The Morgan fingerprint density at radius 2 is 1.83 bits per heavy atom. The smallest absolute Gasteiger partial charge is 0.228 e. The van der Waals surface area contributed by atoms with Gasteiger partial charge in [-0.3, -0.25) is 4.98 Å². The molecule has 0 spiro atoms. The molecule has 0 bridgehead atoms. The van der Waals surface area contributed by atoms with Gasteiger partial charge in [-0.05, 0) is 24.1 Å². The van der Waals surface area contributed by atoms with Crippen molar-refractivity contribution >= 4 is 17.5 Å². The van der Waals surface area contributed by atoms with Crippen molar-refractivity contribution in [3.63, 3.8) is 0 Å². The van der Waals surface area contributed by atoms with Crippen molar-refractivity contribution < 1.29 is 4.74 Å². The predicted octanol–water partition coefficient (Wildman–Crippen LogP) is 2.53. The van der Waals surface area contributed by atoms with E-state index in [1.165, 1.54) is 5.56 Å². The van der Waals surface area contributed by atoms with Crippen LogP contribution in [0.15, 0.2) is 48.8 Å². The summed E-state index contributed by atoms with van der Waals surface area (Å²) in [6.07, 6.45) is 4.59. The van der Waals surface area contributed by atoms with Gasteiger partial charge in [-0.1, -0.05) is 24.3 Å². The zero-order valence-corrected chi connectivity index (χ0v) is 16.3. The number of nitrogens with zero attached hydrogens (tertiary/aromatic N) is 5. The van der Waals surface area contributed by atoms with E-state index in [9.17, 15) is 0 Å². The van der Waals surface area contributed by atoms with Crippen molar-refractivity contribution in [1.29, 1.82) is 0 Å². The summed E-state index contributed by atoms with van der Waals surface area (Å²) >= 11 is 0. The molecule has 0 amide bonds. The van der Waals surface area contributed by atoms with Gasteiger partial charge in [-0.25, -0.2) is 4.98 Å². The maximum Gasteiger partial charge on any atom is 0.228 e. The topological polar surface area (TPSA) is 80.4 Å². The molecule has 2 aromatic heterocycles. The maximum atomic E-state index is 5.78. The first kappa shape index (κ1) is 18.0. The van der Waals surface area contributed by atoms with Crippen LogP contribution in [0.1, 0.15) is 11.1 Å². The number of benzene rings is 1. The third-order valence-corrected chi connectivity index (χ3v) is 5.53. The number of aromatic nitrogens is 3. The Hall–Kier alpha value is -3.03. The molecule has 0 saturated carbocycles. The van der Waals surface area contributed by atoms with Crippen LogP contribution in [-0.4, -0.2) is 47.8 Å². The Bertz CT molecular complexity index is 986. The lowest BCUT2D eigenvalue weighted by atomic mass is 10.0. The predicted molar refractivity (Wildman–Crippen MR) is 113 cm³/mol. The highest BCUT2D eigenvalue weighted by atomic mass is 16.5. The van der Waals surface area contributed by atoms with Gasteiger partial charge >= 0.3 is 0 Å². The molecule has 4 heterocycles. The minimum atomic E-state index is 0.538. The van der Waals surface area contributed by atoms with E-state index in [0.29, 0.717) is 19.8 Å². The average molecular weight is 388 g/mol. The van der Waals surface area contributed by atoms with Crippen LogP contribution in [-0.2, 0) is 17.7 Å². The molecule has 2 aliphatic rings. The number of hydrogen-bond acceptors (Lipinski definition) is 7. The number of morpholine rings is 1. The van der Waals surface area contributed by atoms with Crippen LogP contribution < -0.4 is 15.5 Å². The van der Waals surface area contributed by atoms with Crippen molar-refractivity contribution in [3.05, 3.63) is 59.9 Å². The Kier molecular flexibility index (Phi) is 4.83. The van der Waals surface area contributed by atoms with Gasteiger partial charge in [0, 0.05) is 43.5 Å². The number of anilines is 3. The fourth-order valence-corrected chi connectivity index (χ4v) is 3.95. The largest absolute Gasteiger partial charge is 0.378 e. The van der Waals surface area contributed by atoms with Gasteiger partial charge in [0.15, 0.2) is 0 Å². The third kappa shape index (κ3) is 3.43. The first-order valence-corrected chi connectivity index (χ1v) is 10.0. The Labute approximate surface area is 170 Å². The molecule has 0 aliphatic carbocycles. The zero-order valence-electron chi connectivity index (χ0n) is 16.3. The molecule has 1 saturated heterocycles. The van der Waals surface area contributed by atoms with Crippen LogP contribution in [0.4, 0.5) is 17.5 Å². The second-order valence-electron chi connectivity index (χ2n) is 7.29. The summed E-state index contributed by atoms with van der Waals surface area (Å²) < 4.78 is 5.52. The monoisotopic (exact) mass is 388 g/mol. The van der Waals surface area contributed by atoms with E-state index < -0.39 is 0 Å². The second kappa shape index (κ2) is 7.77. The lowest BCUT2D eigenvalue weighted by Crippen LogP contribution is -2.37. The van der Waals surface area contributed by atoms with Crippen molar-refractivity contribution in [2.45, 2.75) is 13.0 Å². The summed E-state index contributed by atoms with van der Waals surface area (Å²) in [5.74, 6) is 1.74. The molecule has 0 radical (unpaired) electrons. The zero-order chi connectivity index (χ0) is 19.6. The van der Waals surface area contributed by atoms with Crippen molar-refractivity contribution in [2.24, 2.45) is 5.73 Å². The van der Waals surface area contributed by atoms with Gasteiger partial charge < -0.3 is 20.3 Å². The Morgan fingerprint density at radius 1 is 1.00 bits per heavy atom. The van der Waals surface area contributed by atoms with E-state index in [4.69, 9.17) is 20.4 Å². The number of pyridine rings is 1. The number of nitrogens with two attached hydrogens (primary N) is 1. The van der Waals surface area contributed by atoms with Gasteiger partial charge in [-0.15, -0.1) is 0 Å². The molecule has 1 aromatic carbocycles. The standard InChI is InChI=1S/C22H24N6O/c23-14-16-3-5-17(6-4-16)20-19-7-9-28(18-2-1-8-24-15-18)21(19)26-22(25-20)27-10-12-29-13-11-27/h1-6,8,15H,7,9-14,23H2. The van der Waals surface area contributed by atoms with Crippen LogP contribution in [0.3, 0.4) is 0 Å². The van der Waals surface area contributed by atoms with Crippen molar-refractivity contribution in [3.8, 4) is 11.3 Å². The molecule has 1 fully saturated rings. The molecule has 5 rings (SSSR count). The van der Waals surface area contributed by atoms with E-state index in [-0.39, 0.29) is 0 Å². The summed E-state index contributed by atoms with van der Waals surface area (Å²) in [7, 11) is 0. The normalized spacial score (nSPS) is 16.2. The summed E-state index contributed by atoms with van der Waals surface area (Å²) in [6.45, 7) is 4.42. The van der Waals surface area contributed by atoms with Gasteiger partial charge in [0.1, 0.15) is 5.82 Å². The highest BCUT2D eigenvalue weighted by molar-refractivity contribution is 5.77. The van der Waals surface area contributed by atoms with Crippen molar-refractivity contribution in [1.82, 2.24) is 15.0 Å². The lowest BCUT2D eigenvalue weighted by molar-refractivity contribution is 0.122. The Balaban J connectivity index is 1.62. The van der Waals surface area contributed by atoms with Crippen LogP contribution in [0.5, 0.6) is 0 Å². The van der Waals surface area contributed by atoms with Gasteiger partial charge in [0.05, 0.1) is 30.8 Å². The molecule has 0 atom stereocenters. The summed E-state index contributed by atoms with van der Waals surface area (Å²) in [6, 6.07) is 12.4. The molecular formula is C22H24N6O. The SMILES string of the molecule is NCc1ccc(-c2nc(N3CCOCC3)nc3c2CCN3c2cccnc2)cc1. The quantitative estimate of drug-likeness (QED) is 0.736. The number of fused-ring (bicyclic) bond motifs is 1. The van der Waals surface area contributed by atoms with E-state index in [1.807, 2.05) is 12.3 Å². The maximum absolute atomic E-state index is 5.78. The van der Waals surface area contributed by atoms with Crippen molar-refractivity contribution in [2.75, 3.05) is 42.6 Å². The van der Waals surface area contributed by atoms with Crippen LogP contribution in [0, 0.1) is 0 Å². The molecule has 2 aliphatic heterocycles. The fraction of sp³-hybridized carbons (Fsp3) is 0.318. The number of rotatable bonds is 4. The molecule has 148 valence electrons. The highest BCUT2D eigenvalue weighted by Crippen LogP contribution is 2.39. The fourth-order valence-electron chi connectivity index (χ4n) is 3.95. The molecule has 29 heavy (non-hydrogen) atoms. The minimum Gasteiger partial charge on any atom is -0.378 e. The average Bonchev–Trinajstić information content (AvgIpc) is 3.24. The van der Waals surface area contributed by atoms with Gasteiger partial charge in [0.25, 0.3) is 0 Å². The molecular weight excluding hydrogens is 364 g/mol. The third-order valence-electron chi connectivity index (χ3n) is 5.53. The van der Waals surface area contributed by atoms with Gasteiger partial charge in [0.2, 0.25) is 5.95 Å². The number of ether oxygens (including phenoxy) is 1. The Morgan fingerprint density at radius 3 is 2.55 bits per heavy atom. The summed E-state index contributed by atoms with van der Waals surface area (Å²) in [5.41, 5.74) is 11.2. The molecule has 3 aromatic rings. The van der Waals surface area contributed by atoms with E-state index >= 15 is 0 Å². The van der Waals surface area contributed by atoms with Crippen LogP contribution in [0.2, 0.25) is 0 Å². The second-order valence-corrected chi connectivity index (χ2v) is 7.29. The van der Waals surface area contributed by atoms with E-state index in [1.54, 1.807) is 6.20 Å². The first-order chi connectivity index (χ1) is 14.3. The van der Waals surface area contributed by atoms with E-state index in [2.05, 4.69) is 45.1 Å². The first-order valence-electron chi connectivity index (χ1n) is 10.0. The highest BCUT2D eigenvalue weighted by Gasteiger charge is 2.29. The number of hydrogen-bond donors (Lipinski definition) is 1. The van der Waals surface area contributed by atoms with E-state index in [0.717, 1.165) is 60.3 Å². The summed E-state index contributed by atoms with van der Waals surface area (Å²) in [5, 5.41) is 0. The van der Waals surface area contributed by atoms with Crippen LogP contribution in [0.25, 0.3) is 11.3 Å². The molecule has 2 N–H and O–H groups in total. The molecule has 0 unspecified atom stereocenters. The molecule has 7 nitrogen and oxygen atoms in total. The minimum absolute atomic E-state index is 0.538. The van der Waals surface area contributed by atoms with Gasteiger partial charge in [-0.2, -0.15) is 4.98 Å². The summed E-state index contributed by atoms with van der Waals surface area (Å²) in [4.78, 5) is 18.7. The lowest BCUT2D eigenvalue weighted by Gasteiger charge is -2.28. The molecule has 7 heteroatoms.